The number of primary sulfonamides is 1. The standard InChI is InChI=1S/C7H9F2N3O3S/c1-15-3-2-4(16(11,13)14)5(6(8)9)12-7(3)10/h2,6H,1H3,(H2,10,12)(H2,11,13,14). The molecule has 1 rings (SSSR count). The van der Waals surface area contributed by atoms with Gasteiger partial charge in [0, 0.05) is 6.07 Å². The van der Waals surface area contributed by atoms with Gasteiger partial charge >= 0.3 is 0 Å². The van der Waals surface area contributed by atoms with E-state index in [0.717, 1.165) is 6.07 Å². The van der Waals surface area contributed by atoms with Gasteiger partial charge in [-0.1, -0.05) is 0 Å². The monoisotopic (exact) mass is 253 g/mol. The van der Waals surface area contributed by atoms with Crippen LogP contribution in [-0.2, 0) is 10.0 Å². The van der Waals surface area contributed by atoms with Crippen LogP contribution in [0.1, 0.15) is 12.1 Å². The zero-order valence-corrected chi connectivity index (χ0v) is 8.96. The van der Waals surface area contributed by atoms with Crippen LogP contribution in [0.2, 0.25) is 0 Å². The molecular weight excluding hydrogens is 244 g/mol. The summed E-state index contributed by atoms with van der Waals surface area (Å²) >= 11 is 0. The van der Waals surface area contributed by atoms with Gasteiger partial charge in [-0.25, -0.2) is 27.3 Å². The minimum absolute atomic E-state index is 0.131. The highest BCUT2D eigenvalue weighted by molar-refractivity contribution is 7.89. The second kappa shape index (κ2) is 4.18. The van der Waals surface area contributed by atoms with Gasteiger partial charge in [-0.15, -0.1) is 0 Å². The van der Waals surface area contributed by atoms with Crippen molar-refractivity contribution in [1.29, 1.82) is 0 Å². The maximum absolute atomic E-state index is 12.5. The molecule has 0 amide bonds. The van der Waals surface area contributed by atoms with Gasteiger partial charge in [-0.2, -0.15) is 0 Å². The Balaban J connectivity index is 3.56. The van der Waals surface area contributed by atoms with E-state index in [-0.39, 0.29) is 11.6 Å². The number of hydrogen-bond acceptors (Lipinski definition) is 5. The van der Waals surface area contributed by atoms with E-state index in [1.165, 1.54) is 7.11 Å². The highest BCUT2D eigenvalue weighted by Gasteiger charge is 2.24. The number of pyridine rings is 1. The second-order valence-corrected chi connectivity index (χ2v) is 4.33. The summed E-state index contributed by atoms with van der Waals surface area (Å²) in [5.74, 6) is -0.460. The van der Waals surface area contributed by atoms with Crippen molar-refractivity contribution in [2.45, 2.75) is 11.3 Å². The van der Waals surface area contributed by atoms with Crippen molar-refractivity contribution in [3.63, 3.8) is 0 Å². The summed E-state index contributed by atoms with van der Waals surface area (Å²) in [5.41, 5.74) is 4.29. The van der Waals surface area contributed by atoms with Gasteiger partial charge in [0.05, 0.1) is 7.11 Å². The highest BCUT2D eigenvalue weighted by Crippen LogP contribution is 2.30. The third kappa shape index (κ3) is 2.36. The van der Waals surface area contributed by atoms with Gasteiger partial charge in [0.2, 0.25) is 10.0 Å². The number of aromatic nitrogens is 1. The van der Waals surface area contributed by atoms with Gasteiger partial charge in [0.1, 0.15) is 10.6 Å². The molecule has 0 spiro atoms. The summed E-state index contributed by atoms with van der Waals surface area (Å²) in [6.45, 7) is 0. The molecule has 0 saturated heterocycles. The molecule has 0 atom stereocenters. The topological polar surface area (TPSA) is 108 Å². The molecular formula is C7H9F2N3O3S. The van der Waals surface area contributed by atoms with E-state index in [4.69, 9.17) is 10.9 Å². The molecule has 1 aromatic rings. The zero-order chi connectivity index (χ0) is 12.5. The van der Waals surface area contributed by atoms with Crippen LogP contribution in [0, 0.1) is 0 Å². The first-order valence-electron chi connectivity index (χ1n) is 3.92. The molecule has 0 fully saturated rings. The smallest absolute Gasteiger partial charge is 0.281 e. The highest BCUT2D eigenvalue weighted by atomic mass is 32.2. The fourth-order valence-electron chi connectivity index (χ4n) is 1.05. The molecule has 0 bridgehead atoms. The number of halogens is 2. The minimum Gasteiger partial charge on any atom is -0.493 e. The largest absolute Gasteiger partial charge is 0.493 e. The number of nitrogens with zero attached hydrogens (tertiary/aromatic N) is 1. The number of anilines is 1. The average Bonchev–Trinajstić information content (AvgIpc) is 2.15. The Kier molecular flexibility index (Phi) is 3.29. The van der Waals surface area contributed by atoms with Crippen molar-refractivity contribution in [3.05, 3.63) is 11.8 Å². The van der Waals surface area contributed by atoms with Gasteiger partial charge < -0.3 is 10.5 Å². The van der Waals surface area contributed by atoms with E-state index in [1.54, 1.807) is 0 Å². The number of sulfonamides is 1. The van der Waals surface area contributed by atoms with Crippen LogP contribution in [0.15, 0.2) is 11.0 Å². The SMILES string of the molecule is COc1cc(S(N)(=O)=O)c(C(F)F)nc1N. The molecule has 1 heterocycles. The maximum atomic E-state index is 12.5. The first kappa shape index (κ1) is 12.6. The second-order valence-electron chi connectivity index (χ2n) is 2.80. The van der Waals surface area contributed by atoms with Crippen molar-refractivity contribution in [2.75, 3.05) is 12.8 Å². The lowest BCUT2D eigenvalue weighted by Crippen LogP contribution is -2.17. The molecule has 90 valence electrons. The van der Waals surface area contributed by atoms with E-state index in [2.05, 4.69) is 9.72 Å². The molecule has 0 unspecified atom stereocenters. The Morgan fingerprint density at radius 2 is 2.06 bits per heavy atom. The quantitative estimate of drug-likeness (QED) is 0.803. The Bertz CT molecular complexity index is 504. The third-order valence-electron chi connectivity index (χ3n) is 1.74. The number of nitrogens with two attached hydrogens (primary N) is 2. The number of methoxy groups -OCH3 is 1. The Labute approximate surface area is 90.3 Å². The van der Waals surface area contributed by atoms with E-state index >= 15 is 0 Å². The van der Waals surface area contributed by atoms with E-state index in [9.17, 15) is 17.2 Å². The van der Waals surface area contributed by atoms with Crippen LogP contribution < -0.4 is 15.6 Å². The molecule has 1 aromatic heterocycles. The zero-order valence-electron chi connectivity index (χ0n) is 8.15. The summed E-state index contributed by atoms with van der Waals surface area (Å²) in [5, 5.41) is 4.77. The maximum Gasteiger partial charge on any atom is 0.281 e. The predicted octanol–water partition coefficient (Wildman–Crippen LogP) is 0.257. The fourth-order valence-corrected chi connectivity index (χ4v) is 1.75. The number of alkyl halides is 2. The summed E-state index contributed by atoms with van der Waals surface area (Å²) in [4.78, 5) is 2.46. The molecule has 0 aliphatic rings. The molecule has 6 nitrogen and oxygen atoms in total. The number of nitrogen functional groups attached to an aromatic ring is 1. The fraction of sp³-hybridized carbons (Fsp3) is 0.286. The summed E-state index contributed by atoms with van der Waals surface area (Å²) in [6, 6.07) is 0.819. The predicted molar refractivity (Wildman–Crippen MR) is 51.5 cm³/mol. The van der Waals surface area contributed by atoms with Gasteiger partial charge in [0.15, 0.2) is 11.6 Å². The van der Waals surface area contributed by atoms with Crippen LogP contribution in [0.3, 0.4) is 0 Å². The molecule has 9 heteroatoms. The van der Waals surface area contributed by atoms with Crippen LogP contribution in [-0.4, -0.2) is 20.5 Å². The first-order chi connectivity index (χ1) is 7.27. The first-order valence-corrected chi connectivity index (χ1v) is 5.47. The summed E-state index contributed by atoms with van der Waals surface area (Å²) < 4.78 is 51.7. The number of ether oxygens (including phenoxy) is 1. The van der Waals surface area contributed by atoms with Gasteiger partial charge in [-0.05, 0) is 0 Å². The molecule has 0 radical (unpaired) electrons. The lowest BCUT2D eigenvalue weighted by Gasteiger charge is -2.10. The van der Waals surface area contributed by atoms with Crippen LogP contribution in [0.4, 0.5) is 14.6 Å². The Hall–Kier alpha value is -1.48. The van der Waals surface area contributed by atoms with Gasteiger partial charge in [0.25, 0.3) is 6.43 Å². The van der Waals surface area contributed by atoms with Crippen LogP contribution in [0.25, 0.3) is 0 Å². The van der Waals surface area contributed by atoms with Crippen molar-refractivity contribution < 1.29 is 21.9 Å². The molecule has 0 aromatic carbocycles. The normalized spacial score (nSPS) is 11.8. The molecule has 16 heavy (non-hydrogen) atoms. The van der Waals surface area contributed by atoms with Crippen molar-refractivity contribution in [3.8, 4) is 5.75 Å². The molecule has 4 N–H and O–H groups in total. The van der Waals surface area contributed by atoms with E-state index in [1.807, 2.05) is 0 Å². The summed E-state index contributed by atoms with van der Waals surface area (Å²) in [7, 11) is -3.11. The van der Waals surface area contributed by atoms with E-state index < -0.39 is 27.0 Å². The van der Waals surface area contributed by atoms with Crippen molar-refractivity contribution in [2.24, 2.45) is 5.14 Å². The Morgan fingerprint density at radius 3 is 2.44 bits per heavy atom. The lowest BCUT2D eigenvalue weighted by molar-refractivity contribution is 0.142. The number of hydrogen-bond donors (Lipinski definition) is 2. The van der Waals surface area contributed by atoms with Gasteiger partial charge in [-0.3, -0.25) is 0 Å². The lowest BCUT2D eigenvalue weighted by atomic mass is 10.3. The minimum atomic E-state index is -4.31. The third-order valence-corrected chi connectivity index (χ3v) is 2.68. The van der Waals surface area contributed by atoms with Crippen LogP contribution in [0.5, 0.6) is 5.75 Å². The average molecular weight is 253 g/mol. The molecule has 0 saturated carbocycles. The van der Waals surface area contributed by atoms with E-state index in [0.29, 0.717) is 0 Å². The Morgan fingerprint density at radius 1 is 1.50 bits per heavy atom. The molecule has 0 aliphatic carbocycles. The van der Waals surface area contributed by atoms with Crippen molar-refractivity contribution in [1.82, 2.24) is 4.98 Å². The number of rotatable bonds is 3. The van der Waals surface area contributed by atoms with Crippen LogP contribution >= 0.6 is 0 Å². The summed E-state index contributed by atoms with van der Waals surface area (Å²) in [6.07, 6.45) is -3.10. The molecule has 0 aliphatic heterocycles. The van der Waals surface area contributed by atoms with Crippen molar-refractivity contribution >= 4 is 15.8 Å².